The lowest BCUT2D eigenvalue weighted by Gasteiger charge is -2.14. The Morgan fingerprint density at radius 3 is 2.83 bits per heavy atom. The van der Waals surface area contributed by atoms with Gasteiger partial charge in [0.05, 0.1) is 11.2 Å². The summed E-state index contributed by atoms with van der Waals surface area (Å²) in [4.78, 5) is 17.0. The standard InChI is InChI=1S/C19H14BrN3O/c1-2-12-4-3-5-15(10-12)23-17-11-13(20)6-9-16(17)18(22-19(23)24)21-14-7-8-14/h1,3-6,9-11,14H,7-8H2,(H,21,22,24). The molecule has 1 aromatic heterocycles. The van der Waals surface area contributed by atoms with Crippen LogP contribution < -0.4 is 11.0 Å². The summed E-state index contributed by atoms with van der Waals surface area (Å²) in [7, 11) is 0. The van der Waals surface area contributed by atoms with Crippen LogP contribution in [0.25, 0.3) is 16.6 Å². The van der Waals surface area contributed by atoms with Crippen molar-refractivity contribution in [2.45, 2.75) is 18.9 Å². The Morgan fingerprint density at radius 1 is 1.25 bits per heavy atom. The molecule has 0 saturated heterocycles. The third-order valence-electron chi connectivity index (χ3n) is 4.04. The number of nitrogens with zero attached hydrogens (tertiary/aromatic N) is 2. The Hall–Kier alpha value is -2.58. The molecule has 0 bridgehead atoms. The van der Waals surface area contributed by atoms with E-state index in [0.717, 1.165) is 33.8 Å². The normalized spacial score (nSPS) is 13.7. The summed E-state index contributed by atoms with van der Waals surface area (Å²) in [5.41, 5.74) is 1.91. The fourth-order valence-corrected chi connectivity index (χ4v) is 3.06. The first-order valence-electron chi connectivity index (χ1n) is 7.71. The molecule has 4 nitrogen and oxygen atoms in total. The van der Waals surface area contributed by atoms with E-state index in [1.54, 1.807) is 4.57 Å². The van der Waals surface area contributed by atoms with E-state index in [2.05, 4.69) is 32.2 Å². The highest BCUT2D eigenvalue weighted by atomic mass is 79.9. The quantitative estimate of drug-likeness (QED) is 0.705. The molecule has 118 valence electrons. The highest BCUT2D eigenvalue weighted by molar-refractivity contribution is 9.10. The van der Waals surface area contributed by atoms with E-state index in [1.807, 2.05) is 42.5 Å². The maximum absolute atomic E-state index is 12.7. The molecule has 0 spiro atoms. The third kappa shape index (κ3) is 2.70. The molecule has 1 N–H and O–H groups in total. The van der Waals surface area contributed by atoms with Crippen molar-refractivity contribution in [3.8, 4) is 18.0 Å². The van der Waals surface area contributed by atoms with Crippen molar-refractivity contribution in [3.63, 3.8) is 0 Å². The van der Waals surface area contributed by atoms with Gasteiger partial charge in [0.15, 0.2) is 0 Å². The van der Waals surface area contributed by atoms with Gasteiger partial charge in [-0.05, 0) is 49.2 Å². The lowest BCUT2D eigenvalue weighted by Crippen LogP contribution is -2.24. The average Bonchev–Trinajstić information content (AvgIpc) is 3.38. The van der Waals surface area contributed by atoms with Crippen LogP contribution in [0.15, 0.2) is 51.7 Å². The van der Waals surface area contributed by atoms with Crippen molar-refractivity contribution in [2.24, 2.45) is 0 Å². The Bertz CT molecular complexity index is 1040. The van der Waals surface area contributed by atoms with Crippen LogP contribution >= 0.6 is 15.9 Å². The number of hydrogen-bond acceptors (Lipinski definition) is 3. The number of rotatable bonds is 3. The van der Waals surface area contributed by atoms with Crippen LogP contribution in [-0.4, -0.2) is 15.6 Å². The molecule has 1 heterocycles. The minimum Gasteiger partial charge on any atom is -0.367 e. The van der Waals surface area contributed by atoms with Gasteiger partial charge in [-0.1, -0.05) is 27.9 Å². The predicted molar refractivity (Wildman–Crippen MR) is 99.6 cm³/mol. The Labute approximate surface area is 147 Å². The molecule has 0 amide bonds. The van der Waals surface area contributed by atoms with Crippen molar-refractivity contribution in [1.82, 2.24) is 9.55 Å². The maximum atomic E-state index is 12.7. The van der Waals surface area contributed by atoms with Gasteiger partial charge in [0.25, 0.3) is 0 Å². The number of anilines is 1. The van der Waals surface area contributed by atoms with Crippen LogP contribution in [0.1, 0.15) is 18.4 Å². The van der Waals surface area contributed by atoms with E-state index in [-0.39, 0.29) is 5.69 Å². The number of terminal acetylenes is 1. The highest BCUT2D eigenvalue weighted by Crippen LogP contribution is 2.29. The number of hydrogen-bond donors (Lipinski definition) is 1. The SMILES string of the molecule is C#Cc1cccc(-n2c(=O)nc(NC3CC3)c3ccc(Br)cc32)c1. The molecular formula is C19H14BrN3O. The van der Waals surface area contributed by atoms with Crippen molar-refractivity contribution in [3.05, 3.63) is 63.0 Å². The molecule has 1 aliphatic carbocycles. The van der Waals surface area contributed by atoms with Gasteiger partial charge in [0.1, 0.15) is 5.82 Å². The van der Waals surface area contributed by atoms with Crippen LogP contribution in [0.4, 0.5) is 5.82 Å². The molecular weight excluding hydrogens is 366 g/mol. The van der Waals surface area contributed by atoms with Gasteiger partial charge in [0.2, 0.25) is 0 Å². The average molecular weight is 380 g/mol. The van der Waals surface area contributed by atoms with E-state index in [9.17, 15) is 4.79 Å². The van der Waals surface area contributed by atoms with Gasteiger partial charge < -0.3 is 5.32 Å². The molecule has 24 heavy (non-hydrogen) atoms. The predicted octanol–water partition coefficient (Wildman–Crippen LogP) is 3.70. The second-order valence-corrected chi connectivity index (χ2v) is 6.77. The Morgan fingerprint density at radius 2 is 2.08 bits per heavy atom. The number of aromatic nitrogens is 2. The molecule has 1 saturated carbocycles. The number of benzene rings is 2. The third-order valence-corrected chi connectivity index (χ3v) is 4.54. The zero-order chi connectivity index (χ0) is 16.7. The zero-order valence-corrected chi connectivity index (χ0v) is 14.4. The molecule has 3 aromatic rings. The number of halogens is 1. The van der Waals surface area contributed by atoms with Crippen molar-refractivity contribution < 1.29 is 0 Å². The summed E-state index contributed by atoms with van der Waals surface area (Å²) >= 11 is 3.49. The summed E-state index contributed by atoms with van der Waals surface area (Å²) in [6, 6.07) is 13.6. The molecule has 1 fully saturated rings. The molecule has 0 radical (unpaired) electrons. The monoisotopic (exact) mass is 379 g/mol. The molecule has 0 aliphatic heterocycles. The van der Waals surface area contributed by atoms with Crippen LogP contribution in [0.5, 0.6) is 0 Å². The smallest absolute Gasteiger partial charge is 0.354 e. The molecule has 1 aliphatic rings. The Kier molecular flexibility index (Phi) is 3.62. The van der Waals surface area contributed by atoms with Crippen molar-refractivity contribution in [2.75, 3.05) is 5.32 Å². The van der Waals surface area contributed by atoms with Crippen LogP contribution in [0.3, 0.4) is 0 Å². The molecule has 0 atom stereocenters. The van der Waals surface area contributed by atoms with E-state index >= 15 is 0 Å². The van der Waals surface area contributed by atoms with Crippen LogP contribution in [0.2, 0.25) is 0 Å². The number of fused-ring (bicyclic) bond motifs is 1. The summed E-state index contributed by atoms with van der Waals surface area (Å²) in [6.45, 7) is 0. The summed E-state index contributed by atoms with van der Waals surface area (Å²) < 4.78 is 2.50. The fraction of sp³-hybridized carbons (Fsp3) is 0.158. The van der Waals surface area contributed by atoms with Gasteiger partial charge in [0, 0.05) is 21.5 Å². The van der Waals surface area contributed by atoms with Crippen LogP contribution in [0, 0.1) is 12.3 Å². The maximum Gasteiger partial charge on any atom is 0.354 e. The summed E-state index contributed by atoms with van der Waals surface area (Å²) in [5, 5.41) is 4.26. The minimum atomic E-state index is -0.321. The summed E-state index contributed by atoms with van der Waals surface area (Å²) in [5.74, 6) is 3.25. The zero-order valence-electron chi connectivity index (χ0n) is 12.8. The van der Waals surface area contributed by atoms with Gasteiger partial charge >= 0.3 is 5.69 Å². The molecule has 4 rings (SSSR count). The van der Waals surface area contributed by atoms with Gasteiger partial charge in [-0.15, -0.1) is 6.42 Å². The van der Waals surface area contributed by atoms with Crippen LogP contribution in [-0.2, 0) is 0 Å². The first kappa shape index (κ1) is 15.0. The first-order chi connectivity index (χ1) is 11.7. The Balaban J connectivity index is 2.01. The van der Waals surface area contributed by atoms with E-state index in [0.29, 0.717) is 17.5 Å². The largest absolute Gasteiger partial charge is 0.367 e. The number of nitrogens with one attached hydrogen (secondary N) is 1. The van der Waals surface area contributed by atoms with E-state index in [1.165, 1.54) is 0 Å². The molecule has 5 heteroatoms. The van der Waals surface area contributed by atoms with Gasteiger partial charge in [-0.2, -0.15) is 4.98 Å². The lowest BCUT2D eigenvalue weighted by atomic mass is 10.2. The first-order valence-corrected chi connectivity index (χ1v) is 8.51. The van der Waals surface area contributed by atoms with Gasteiger partial charge in [-0.25, -0.2) is 4.79 Å². The van der Waals surface area contributed by atoms with Gasteiger partial charge in [-0.3, -0.25) is 4.57 Å². The van der Waals surface area contributed by atoms with E-state index < -0.39 is 0 Å². The van der Waals surface area contributed by atoms with Crippen molar-refractivity contribution >= 4 is 32.7 Å². The molecule has 2 aromatic carbocycles. The second-order valence-electron chi connectivity index (χ2n) is 5.85. The fourth-order valence-electron chi connectivity index (χ4n) is 2.71. The van der Waals surface area contributed by atoms with Crippen molar-refractivity contribution in [1.29, 1.82) is 0 Å². The lowest BCUT2D eigenvalue weighted by molar-refractivity contribution is 0.951. The second kappa shape index (κ2) is 5.81. The summed E-state index contributed by atoms with van der Waals surface area (Å²) in [6.07, 6.45) is 7.72. The minimum absolute atomic E-state index is 0.321. The van der Waals surface area contributed by atoms with E-state index in [4.69, 9.17) is 6.42 Å². The molecule has 0 unspecified atom stereocenters. The highest BCUT2D eigenvalue weighted by Gasteiger charge is 2.23. The topological polar surface area (TPSA) is 46.9 Å².